The molecule has 1 aromatic heterocycles. The standard InChI is InChI=1S/C14H17N3O2S2/c1-17(2)13-6-4-10-3-5-11(7-12(10)13)16-21(18,19)14-8-15-9-20-14/h3,5,7-9,13,16H,4,6H2,1-2H3. The molecule has 7 heteroatoms. The lowest BCUT2D eigenvalue weighted by Gasteiger charge is -2.20. The average Bonchev–Trinajstić information content (AvgIpc) is 3.07. The fraction of sp³-hybridized carbons (Fsp3) is 0.357. The van der Waals surface area contributed by atoms with E-state index in [4.69, 9.17) is 0 Å². The predicted molar refractivity (Wildman–Crippen MR) is 84.1 cm³/mol. The number of aryl methyl sites for hydroxylation is 1. The number of hydrogen-bond donors (Lipinski definition) is 1. The Morgan fingerprint density at radius 3 is 2.86 bits per heavy atom. The zero-order chi connectivity index (χ0) is 15.0. The summed E-state index contributed by atoms with van der Waals surface area (Å²) in [5.74, 6) is 0. The molecule has 21 heavy (non-hydrogen) atoms. The second kappa shape index (κ2) is 5.40. The highest BCUT2D eigenvalue weighted by Gasteiger charge is 2.25. The number of anilines is 1. The third kappa shape index (κ3) is 2.81. The van der Waals surface area contributed by atoms with E-state index in [2.05, 4.69) is 14.6 Å². The third-order valence-corrected chi connectivity index (χ3v) is 6.39. The Hall–Kier alpha value is -1.44. The Balaban J connectivity index is 1.90. The maximum absolute atomic E-state index is 12.2. The summed E-state index contributed by atoms with van der Waals surface area (Å²) in [5.41, 5.74) is 4.63. The second-order valence-electron chi connectivity index (χ2n) is 5.36. The van der Waals surface area contributed by atoms with Gasteiger partial charge in [-0.3, -0.25) is 9.71 Å². The number of fused-ring (bicyclic) bond motifs is 1. The normalized spacial score (nSPS) is 18.0. The van der Waals surface area contributed by atoms with Crippen molar-refractivity contribution in [2.75, 3.05) is 18.8 Å². The Bertz CT molecular complexity index is 740. The van der Waals surface area contributed by atoms with Crippen LogP contribution in [0.25, 0.3) is 0 Å². The van der Waals surface area contributed by atoms with Gasteiger partial charge in [-0.25, -0.2) is 8.42 Å². The Labute approximate surface area is 128 Å². The predicted octanol–water partition coefficient (Wildman–Crippen LogP) is 2.49. The lowest BCUT2D eigenvalue weighted by Crippen LogP contribution is -2.17. The molecule has 1 unspecified atom stereocenters. The zero-order valence-corrected chi connectivity index (χ0v) is 13.5. The molecule has 0 saturated carbocycles. The van der Waals surface area contributed by atoms with E-state index in [9.17, 15) is 8.42 Å². The summed E-state index contributed by atoms with van der Waals surface area (Å²) in [6.45, 7) is 0. The molecule has 0 spiro atoms. The van der Waals surface area contributed by atoms with Gasteiger partial charge in [-0.15, -0.1) is 11.3 Å². The van der Waals surface area contributed by atoms with Gasteiger partial charge in [-0.2, -0.15) is 0 Å². The van der Waals surface area contributed by atoms with E-state index in [1.807, 2.05) is 32.3 Å². The van der Waals surface area contributed by atoms with E-state index >= 15 is 0 Å². The minimum absolute atomic E-state index is 0.229. The molecule has 0 amide bonds. The highest BCUT2D eigenvalue weighted by atomic mass is 32.2. The number of rotatable bonds is 4. The number of hydrogen-bond acceptors (Lipinski definition) is 5. The molecule has 1 atom stereocenters. The number of nitrogens with zero attached hydrogens (tertiary/aromatic N) is 2. The first-order valence-electron chi connectivity index (χ1n) is 6.68. The van der Waals surface area contributed by atoms with Crippen LogP contribution in [0.3, 0.4) is 0 Å². The molecule has 0 fully saturated rings. The van der Waals surface area contributed by atoms with Crippen LogP contribution >= 0.6 is 11.3 Å². The largest absolute Gasteiger partial charge is 0.302 e. The van der Waals surface area contributed by atoms with Crippen molar-refractivity contribution in [3.05, 3.63) is 41.0 Å². The maximum atomic E-state index is 12.2. The summed E-state index contributed by atoms with van der Waals surface area (Å²) in [5, 5.41) is 0. The first kappa shape index (κ1) is 14.5. The van der Waals surface area contributed by atoms with Crippen LogP contribution < -0.4 is 4.72 Å². The van der Waals surface area contributed by atoms with Crippen LogP contribution in [0.15, 0.2) is 34.1 Å². The van der Waals surface area contributed by atoms with E-state index < -0.39 is 10.0 Å². The Morgan fingerprint density at radius 1 is 1.38 bits per heavy atom. The molecule has 5 nitrogen and oxygen atoms in total. The van der Waals surface area contributed by atoms with Crippen LogP contribution in [-0.4, -0.2) is 32.4 Å². The number of nitrogens with one attached hydrogen (secondary N) is 1. The van der Waals surface area contributed by atoms with Crippen LogP contribution in [-0.2, 0) is 16.4 Å². The van der Waals surface area contributed by atoms with Crippen LogP contribution in [0, 0.1) is 0 Å². The number of benzene rings is 1. The van der Waals surface area contributed by atoms with Crippen LogP contribution in [0.2, 0.25) is 0 Å². The first-order chi connectivity index (χ1) is 9.97. The highest BCUT2D eigenvalue weighted by Crippen LogP contribution is 2.36. The van der Waals surface area contributed by atoms with E-state index in [1.165, 1.54) is 22.8 Å². The Morgan fingerprint density at radius 2 is 2.19 bits per heavy atom. The van der Waals surface area contributed by atoms with Crippen molar-refractivity contribution in [1.29, 1.82) is 0 Å². The molecule has 1 heterocycles. The van der Waals surface area contributed by atoms with Crippen molar-refractivity contribution >= 4 is 27.0 Å². The summed E-state index contributed by atoms with van der Waals surface area (Å²) in [6.07, 6.45) is 3.48. The fourth-order valence-electron chi connectivity index (χ4n) is 2.72. The van der Waals surface area contributed by atoms with Crippen molar-refractivity contribution < 1.29 is 8.42 Å². The molecule has 112 valence electrons. The fourth-order valence-corrected chi connectivity index (χ4v) is 4.57. The smallest absolute Gasteiger partial charge is 0.273 e. The van der Waals surface area contributed by atoms with E-state index in [1.54, 1.807) is 0 Å². The summed E-state index contributed by atoms with van der Waals surface area (Å²) >= 11 is 1.11. The molecule has 2 aromatic rings. The lowest BCUT2D eigenvalue weighted by atomic mass is 10.1. The molecule has 0 aliphatic heterocycles. The number of sulfonamides is 1. The van der Waals surface area contributed by atoms with E-state index in [-0.39, 0.29) is 4.21 Å². The highest BCUT2D eigenvalue weighted by molar-refractivity contribution is 7.94. The summed E-state index contributed by atoms with van der Waals surface area (Å²) < 4.78 is 27.3. The van der Waals surface area contributed by atoms with Gasteiger partial charge < -0.3 is 4.90 Å². The minimum atomic E-state index is -3.53. The van der Waals surface area contributed by atoms with Crippen molar-refractivity contribution in [3.8, 4) is 0 Å². The lowest BCUT2D eigenvalue weighted by molar-refractivity contribution is 0.299. The van der Waals surface area contributed by atoms with Crippen molar-refractivity contribution in [2.45, 2.75) is 23.1 Å². The van der Waals surface area contributed by atoms with Gasteiger partial charge in [-0.05, 0) is 50.2 Å². The summed E-state index contributed by atoms with van der Waals surface area (Å²) in [4.78, 5) is 5.99. The molecule has 1 aromatic carbocycles. The van der Waals surface area contributed by atoms with Crippen LogP contribution in [0.1, 0.15) is 23.6 Å². The molecular weight excluding hydrogens is 306 g/mol. The minimum Gasteiger partial charge on any atom is -0.302 e. The molecule has 1 aliphatic carbocycles. The monoisotopic (exact) mass is 323 g/mol. The molecule has 0 bridgehead atoms. The van der Waals surface area contributed by atoms with Crippen LogP contribution in [0.4, 0.5) is 5.69 Å². The van der Waals surface area contributed by atoms with Gasteiger partial charge in [0.15, 0.2) is 4.21 Å². The topological polar surface area (TPSA) is 62.3 Å². The van der Waals surface area contributed by atoms with Gasteiger partial charge >= 0.3 is 0 Å². The zero-order valence-electron chi connectivity index (χ0n) is 11.9. The molecule has 0 radical (unpaired) electrons. The SMILES string of the molecule is CN(C)C1CCc2ccc(NS(=O)(=O)c3cncs3)cc21. The molecule has 1 aliphatic rings. The van der Waals surface area contributed by atoms with Gasteiger partial charge in [0.05, 0.1) is 11.7 Å². The Kier molecular flexibility index (Phi) is 3.73. The maximum Gasteiger partial charge on any atom is 0.273 e. The van der Waals surface area contributed by atoms with Gasteiger partial charge in [0.2, 0.25) is 0 Å². The average molecular weight is 323 g/mol. The number of thiazole rings is 1. The number of aromatic nitrogens is 1. The quantitative estimate of drug-likeness (QED) is 0.939. The van der Waals surface area contributed by atoms with Gasteiger partial charge in [0.1, 0.15) is 0 Å². The summed E-state index contributed by atoms with van der Waals surface area (Å²) in [7, 11) is 0.566. The second-order valence-corrected chi connectivity index (χ2v) is 8.15. The van der Waals surface area contributed by atoms with E-state index in [0.717, 1.165) is 24.2 Å². The molecule has 0 saturated heterocycles. The first-order valence-corrected chi connectivity index (χ1v) is 9.04. The molecule has 3 rings (SSSR count). The van der Waals surface area contributed by atoms with Crippen molar-refractivity contribution in [1.82, 2.24) is 9.88 Å². The van der Waals surface area contributed by atoms with Gasteiger partial charge in [0.25, 0.3) is 10.0 Å². The van der Waals surface area contributed by atoms with Gasteiger partial charge in [-0.1, -0.05) is 6.07 Å². The van der Waals surface area contributed by atoms with Crippen LogP contribution in [0.5, 0.6) is 0 Å². The molecule has 1 N–H and O–H groups in total. The van der Waals surface area contributed by atoms with Crippen molar-refractivity contribution in [3.63, 3.8) is 0 Å². The summed E-state index contributed by atoms with van der Waals surface area (Å²) in [6, 6.07) is 6.15. The molecular formula is C14H17N3O2S2. The van der Waals surface area contributed by atoms with E-state index in [0.29, 0.717) is 11.7 Å². The van der Waals surface area contributed by atoms with Gasteiger partial charge in [0, 0.05) is 11.7 Å². The van der Waals surface area contributed by atoms with Crippen molar-refractivity contribution in [2.24, 2.45) is 0 Å². The third-order valence-electron chi connectivity index (χ3n) is 3.74.